The fourth-order valence-corrected chi connectivity index (χ4v) is 6.33. The molecule has 1 aromatic heterocycles. The van der Waals surface area contributed by atoms with E-state index in [4.69, 9.17) is 5.11 Å². The number of thioether (sulfide) groups is 1. The zero-order chi connectivity index (χ0) is 15.6. The van der Waals surface area contributed by atoms with Crippen LogP contribution >= 0.6 is 23.1 Å². The molecule has 118 valence electrons. The van der Waals surface area contributed by atoms with Crippen molar-refractivity contribution in [3.05, 3.63) is 16.5 Å². The zero-order valence-electron chi connectivity index (χ0n) is 12.0. The Bertz CT molecular complexity index is 623. The number of sulfonamides is 1. The highest BCUT2D eigenvalue weighted by atomic mass is 32.2. The quantitative estimate of drug-likeness (QED) is 0.825. The molecule has 1 aromatic rings. The van der Waals surface area contributed by atoms with Crippen molar-refractivity contribution in [3.63, 3.8) is 0 Å². The van der Waals surface area contributed by atoms with Crippen molar-refractivity contribution in [2.75, 3.05) is 5.75 Å². The molecule has 0 saturated heterocycles. The van der Waals surface area contributed by atoms with Crippen LogP contribution in [0.25, 0.3) is 0 Å². The van der Waals surface area contributed by atoms with E-state index in [2.05, 4.69) is 11.6 Å². The Balaban J connectivity index is 2.09. The molecule has 21 heavy (non-hydrogen) atoms. The topological polar surface area (TPSA) is 83.5 Å². The zero-order valence-corrected chi connectivity index (χ0v) is 14.4. The predicted octanol–water partition coefficient (Wildman–Crippen LogP) is 2.71. The van der Waals surface area contributed by atoms with Gasteiger partial charge >= 0.3 is 5.97 Å². The molecule has 8 heteroatoms. The number of hydrogen-bond acceptors (Lipinski definition) is 5. The minimum Gasteiger partial charge on any atom is -0.477 e. The molecule has 1 aliphatic carbocycles. The number of carboxylic acid groups (broad SMARTS) is 1. The number of rotatable bonds is 6. The van der Waals surface area contributed by atoms with Gasteiger partial charge in [-0.15, -0.1) is 11.3 Å². The van der Waals surface area contributed by atoms with Crippen molar-refractivity contribution in [1.29, 1.82) is 0 Å². The van der Waals surface area contributed by atoms with Crippen LogP contribution in [0.2, 0.25) is 0 Å². The third kappa shape index (κ3) is 4.00. The molecule has 0 aliphatic heterocycles. The van der Waals surface area contributed by atoms with E-state index in [1.54, 1.807) is 6.92 Å². The van der Waals surface area contributed by atoms with Crippen molar-refractivity contribution in [1.82, 2.24) is 4.72 Å². The maximum absolute atomic E-state index is 12.3. The Labute approximate surface area is 133 Å². The number of hydrogen-bond donors (Lipinski definition) is 2. The van der Waals surface area contributed by atoms with Gasteiger partial charge in [0.1, 0.15) is 9.09 Å². The highest BCUT2D eigenvalue weighted by Gasteiger charge is 2.30. The molecule has 2 rings (SSSR count). The molecule has 1 heterocycles. The standard InChI is InChI=1S/C13H19NO4S3/c1-3-19-10-5-4-9(7-10)14-21(17,18)11-6-8(2)12(20-11)13(15)16/h6,9-10,14H,3-5,7H2,1-2H3,(H,15,16). The minimum atomic E-state index is -3.62. The van der Waals surface area contributed by atoms with Crippen LogP contribution in [0.5, 0.6) is 0 Å². The number of nitrogens with one attached hydrogen (secondary N) is 1. The number of thiophene rings is 1. The molecule has 1 aliphatic rings. The van der Waals surface area contributed by atoms with Crippen molar-refractivity contribution in [2.24, 2.45) is 0 Å². The Morgan fingerprint density at radius 2 is 2.24 bits per heavy atom. The fraction of sp³-hybridized carbons (Fsp3) is 0.615. The summed E-state index contributed by atoms with van der Waals surface area (Å²) in [6, 6.07) is 1.39. The van der Waals surface area contributed by atoms with Crippen molar-refractivity contribution < 1.29 is 18.3 Å². The van der Waals surface area contributed by atoms with E-state index in [1.165, 1.54) is 6.07 Å². The summed E-state index contributed by atoms with van der Waals surface area (Å²) in [5.74, 6) is -0.0461. The second kappa shape index (κ2) is 6.68. The molecular weight excluding hydrogens is 330 g/mol. The maximum Gasteiger partial charge on any atom is 0.346 e. The molecule has 0 bridgehead atoms. The van der Waals surface area contributed by atoms with E-state index in [1.807, 2.05) is 11.8 Å². The van der Waals surface area contributed by atoms with Crippen LogP contribution in [0.3, 0.4) is 0 Å². The van der Waals surface area contributed by atoms with Gasteiger partial charge in [0, 0.05) is 11.3 Å². The molecule has 1 fully saturated rings. The van der Waals surface area contributed by atoms with Gasteiger partial charge in [-0.2, -0.15) is 11.8 Å². The highest BCUT2D eigenvalue weighted by molar-refractivity contribution is 7.99. The van der Waals surface area contributed by atoms with Gasteiger partial charge in [0.15, 0.2) is 0 Å². The Morgan fingerprint density at radius 3 is 2.81 bits per heavy atom. The smallest absolute Gasteiger partial charge is 0.346 e. The van der Waals surface area contributed by atoms with Gasteiger partial charge in [-0.3, -0.25) is 0 Å². The Kier molecular flexibility index (Phi) is 5.34. The van der Waals surface area contributed by atoms with Crippen LogP contribution in [-0.2, 0) is 10.0 Å². The van der Waals surface area contributed by atoms with E-state index in [0.29, 0.717) is 10.8 Å². The highest BCUT2D eigenvalue weighted by Crippen LogP contribution is 2.32. The van der Waals surface area contributed by atoms with Gasteiger partial charge in [0.25, 0.3) is 0 Å². The summed E-state index contributed by atoms with van der Waals surface area (Å²) in [5.41, 5.74) is 0.485. The summed E-state index contributed by atoms with van der Waals surface area (Å²) < 4.78 is 27.5. The number of aryl methyl sites for hydroxylation is 1. The van der Waals surface area contributed by atoms with Crippen molar-refractivity contribution >= 4 is 39.1 Å². The van der Waals surface area contributed by atoms with Crippen molar-refractivity contribution in [3.8, 4) is 0 Å². The van der Waals surface area contributed by atoms with Crippen LogP contribution in [-0.4, -0.2) is 36.5 Å². The molecule has 2 unspecified atom stereocenters. The first kappa shape index (κ1) is 16.8. The second-order valence-corrected chi connectivity index (χ2v) is 9.66. The molecule has 0 spiro atoms. The molecule has 0 aromatic carbocycles. The fourth-order valence-electron chi connectivity index (χ4n) is 2.51. The predicted molar refractivity (Wildman–Crippen MR) is 85.9 cm³/mol. The van der Waals surface area contributed by atoms with Gasteiger partial charge in [-0.25, -0.2) is 17.9 Å². The summed E-state index contributed by atoms with van der Waals surface area (Å²) >= 11 is 2.68. The Morgan fingerprint density at radius 1 is 1.52 bits per heavy atom. The van der Waals surface area contributed by atoms with E-state index in [0.717, 1.165) is 36.4 Å². The SMILES string of the molecule is CCSC1CCC(NS(=O)(=O)c2cc(C)c(C(=O)O)s2)C1. The molecule has 0 amide bonds. The number of carbonyl (C=O) groups is 1. The lowest BCUT2D eigenvalue weighted by molar-refractivity contribution is 0.0701. The van der Waals surface area contributed by atoms with Crippen LogP contribution in [0.4, 0.5) is 0 Å². The molecule has 2 atom stereocenters. The van der Waals surface area contributed by atoms with Gasteiger partial charge in [-0.1, -0.05) is 6.92 Å². The van der Waals surface area contributed by atoms with E-state index in [-0.39, 0.29) is 15.1 Å². The second-order valence-electron chi connectivity index (χ2n) is 5.09. The summed E-state index contributed by atoms with van der Waals surface area (Å²) in [6.07, 6.45) is 2.70. The lowest BCUT2D eigenvalue weighted by Gasteiger charge is -2.12. The summed E-state index contributed by atoms with van der Waals surface area (Å²) in [6.45, 7) is 3.71. The third-order valence-corrected chi connectivity index (χ3v) is 7.92. The number of aromatic carboxylic acids is 1. The van der Waals surface area contributed by atoms with Gasteiger partial charge in [-0.05, 0) is 43.6 Å². The van der Waals surface area contributed by atoms with Crippen LogP contribution in [0, 0.1) is 6.92 Å². The van der Waals surface area contributed by atoms with E-state index < -0.39 is 16.0 Å². The van der Waals surface area contributed by atoms with Gasteiger partial charge < -0.3 is 5.11 Å². The van der Waals surface area contributed by atoms with Gasteiger partial charge in [0.05, 0.1) is 0 Å². The first-order valence-corrected chi connectivity index (χ1v) is 10.2. The maximum atomic E-state index is 12.3. The first-order chi connectivity index (χ1) is 9.83. The van der Waals surface area contributed by atoms with Gasteiger partial charge in [0.2, 0.25) is 10.0 Å². The average Bonchev–Trinajstić information content (AvgIpc) is 2.96. The van der Waals surface area contributed by atoms with Crippen LogP contribution in [0.1, 0.15) is 41.4 Å². The Hall–Kier alpha value is -0.570. The molecule has 0 radical (unpaired) electrons. The molecule has 1 saturated carbocycles. The van der Waals surface area contributed by atoms with Crippen LogP contribution in [0.15, 0.2) is 10.3 Å². The summed E-state index contributed by atoms with van der Waals surface area (Å²) in [4.78, 5) is 11.1. The minimum absolute atomic E-state index is 0.0465. The first-order valence-electron chi connectivity index (χ1n) is 6.81. The summed E-state index contributed by atoms with van der Waals surface area (Å²) in [5, 5.41) is 9.53. The van der Waals surface area contributed by atoms with Crippen LogP contribution < -0.4 is 4.72 Å². The number of carboxylic acids is 1. The largest absolute Gasteiger partial charge is 0.477 e. The molecule has 2 N–H and O–H groups in total. The lowest BCUT2D eigenvalue weighted by atomic mass is 10.3. The van der Waals surface area contributed by atoms with Crippen molar-refractivity contribution in [2.45, 2.75) is 48.6 Å². The summed E-state index contributed by atoms with van der Waals surface area (Å²) in [7, 11) is -3.62. The van der Waals surface area contributed by atoms with E-state index >= 15 is 0 Å². The third-order valence-electron chi connectivity index (χ3n) is 3.46. The monoisotopic (exact) mass is 349 g/mol. The van der Waals surface area contributed by atoms with E-state index in [9.17, 15) is 13.2 Å². The lowest BCUT2D eigenvalue weighted by Crippen LogP contribution is -2.32. The normalized spacial score (nSPS) is 22.6. The average molecular weight is 349 g/mol. The molecular formula is C13H19NO4S3. The molecule has 5 nitrogen and oxygen atoms in total.